The topological polar surface area (TPSA) is 58.6 Å². The monoisotopic (exact) mass is 328 g/mol. The van der Waals surface area contributed by atoms with Gasteiger partial charge in [0.05, 0.1) is 18.8 Å². The van der Waals surface area contributed by atoms with Crippen molar-refractivity contribution in [3.05, 3.63) is 65.5 Å². The molecular formula is C18H17FN2O3. The number of hydrogen-bond acceptors (Lipinski definition) is 3. The van der Waals surface area contributed by atoms with Gasteiger partial charge in [-0.2, -0.15) is 0 Å². The van der Waals surface area contributed by atoms with E-state index in [1.807, 2.05) is 19.1 Å². The zero-order chi connectivity index (χ0) is 17.1. The molecular weight excluding hydrogens is 311 g/mol. The average Bonchev–Trinajstić information content (AvgIpc) is 2.93. The Morgan fingerprint density at radius 2 is 2.08 bits per heavy atom. The van der Waals surface area contributed by atoms with E-state index in [0.29, 0.717) is 11.3 Å². The molecule has 1 saturated heterocycles. The first kappa shape index (κ1) is 16.0. The summed E-state index contributed by atoms with van der Waals surface area (Å²) >= 11 is 0. The fraction of sp³-hybridized carbons (Fsp3) is 0.222. The molecule has 124 valence electrons. The molecule has 2 aromatic carbocycles. The normalized spacial score (nSPS) is 16.8. The summed E-state index contributed by atoms with van der Waals surface area (Å²) in [7, 11) is 0. The zero-order valence-corrected chi connectivity index (χ0v) is 13.2. The van der Waals surface area contributed by atoms with Crippen molar-refractivity contribution < 1.29 is 18.7 Å². The molecule has 1 aliphatic rings. The quantitative estimate of drug-likeness (QED) is 0.939. The molecule has 2 aromatic rings. The number of cyclic esters (lactones) is 1. The Bertz CT molecular complexity index is 778. The molecule has 0 aliphatic carbocycles. The minimum Gasteiger partial charge on any atom is -0.442 e. The summed E-state index contributed by atoms with van der Waals surface area (Å²) < 4.78 is 18.5. The van der Waals surface area contributed by atoms with Crippen molar-refractivity contribution in [1.29, 1.82) is 0 Å². The Kier molecular flexibility index (Phi) is 4.46. The van der Waals surface area contributed by atoms with Gasteiger partial charge in [0.2, 0.25) is 0 Å². The van der Waals surface area contributed by atoms with Crippen LogP contribution >= 0.6 is 0 Å². The number of halogens is 1. The largest absolute Gasteiger partial charge is 0.442 e. The second-order valence-electron chi connectivity index (χ2n) is 5.68. The number of nitrogens with one attached hydrogen (secondary N) is 1. The van der Waals surface area contributed by atoms with Crippen LogP contribution in [0.25, 0.3) is 0 Å². The Balaban J connectivity index is 1.59. The van der Waals surface area contributed by atoms with Gasteiger partial charge in [0.25, 0.3) is 5.91 Å². The van der Waals surface area contributed by atoms with E-state index in [9.17, 15) is 14.0 Å². The Morgan fingerprint density at radius 3 is 2.83 bits per heavy atom. The van der Waals surface area contributed by atoms with E-state index in [4.69, 9.17) is 4.74 Å². The third-order valence-corrected chi connectivity index (χ3v) is 3.76. The summed E-state index contributed by atoms with van der Waals surface area (Å²) in [6.45, 7) is 2.37. The fourth-order valence-corrected chi connectivity index (χ4v) is 2.58. The molecule has 3 rings (SSSR count). The maximum atomic E-state index is 13.3. The lowest BCUT2D eigenvalue weighted by Crippen LogP contribution is -2.34. The van der Waals surface area contributed by atoms with E-state index in [0.717, 1.165) is 5.56 Å². The van der Waals surface area contributed by atoms with Gasteiger partial charge in [-0.3, -0.25) is 9.69 Å². The highest BCUT2D eigenvalue weighted by atomic mass is 19.1. The van der Waals surface area contributed by atoms with E-state index in [2.05, 4.69) is 5.32 Å². The lowest BCUT2D eigenvalue weighted by molar-refractivity contribution is 0.0916. The highest BCUT2D eigenvalue weighted by Crippen LogP contribution is 2.22. The first-order chi connectivity index (χ1) is 11.5. The van der Waals surface area contributed by atoms with Crippen LogP contribution in [0.1, 0.15) is 15.9 Å². The van der Waals surface area contributed by atoms with Crippen LogP contribution in [-0.4, -0.2) is 31.2 Å². The third-order valence-electron chi connectivity index (χ3n) is 3.76. The predicted octanol–water partition coefficient (Wildman–Crippen LogP) is 2.89. The molecule has 6 heteroatoms. The summed E-state index contributed by atoms with van der Waals surface area (Å²) in [4.78, 5) is 25.4. The fourth-order valence-electron chi connectivity index (χ4n) is 2.58. The van der Waals surface area contributed by atoms with Crippen LogP contribution in [0, 0.1) is 12.7 Å². The second-order valence-corrected chi connectivity index (χ2v) is 5.68. The van der Waals surface area contributed by atoms with Crippen LogP contribution < -0.4 is 10.2 Å². The Morgan fingerprint density at radius 1 is 1.29 bits per heavy atom. The van der Waals surface area contributed by atoms with Gasteiger partial charge >= 0.3 is 6.09 Å². The molecule has 0 aromatic heterocycles. The lowest BCUT2D eigenvalue weighted by atomic mass is 10.1. The second kappa shape index (κ2) is 6.70. The van der Waals surface area contributed by atoms with E-state index >= 15 is 0 Å². The van der Waals surface area contributed by atoms with Gasteiger partial charge < -0.3 is 10.1 Å². The number of nitrogens with zero attached hydrogens (tertiary/aromatic N) is 1. The number of amides is 2. The number of hydrogen-bond donors (Lipinski definition) is 1. The molecule has 1 heterocycles. The van der Waals surface area contributed by atoms with Crippen molar-refractivity contribution in [2.24, 2.45) is 0 Å². The van der Waals surface area contributed by atoms with Gasteiger partial charge in [0.1, 0.15) is 11.9 Å². The lowest BCUT2D eigenvalue weighted by Gasteiger charge is -2.13. The number of carbonyl (C=O) groups is 2. The molecule has 1 aliphatic heterocycles. The van der Waals surface area contributed by atoms with Crippen molar-refractivity contribution in [2.75, 3.05) is 18.0 Å². The highest BCUT2D eigenvalue weighted by Gasteiger charge is 2.32. The van der Waals surface area contributed by atoms with Crippen LogP contribution in [0.3, 0.4) is 0 Å². The van der Waals surface area contributed by atoms with E-state index < -0.39 is 18.0 Å². The summed E-state index contributed by atoms with van der Waals surface area (Å²) in [6, 6.07) is 13.0. The maximum Gasteiger partial charge on any atom is 0.414 e. The van der Waals surface area contributed by atoms with Crippen molar-refractivity contribution >= 4 is 17.7 Å². The average molecular weight is 328 g/mol. The first-order valence-electron chi connectivity index (χ1n) is 7.61. The van der Waals surface area contributed by atoms with Crippen molar-refractivity contribution in [3.63, 3.8) is 0 Å². The van der Waals surface area contributed by atoms with Crippen molar-refractivity contribution in [2.45, 2.75) is 13.0 Å². The summed E-state index contributed by atoms with van der Waals surface area (Å²) in [5.41, 5.74) is 1.99. The van der Waals surface area contributed by atoms with Gasteiger partial charge in [-0.25, -0.2) is 9.18 Å². The van der Waals surface area contributed by atoms with Crippen LogP contribution in [0.4, 0.5) is 14.9 Å². The minimum atomic E-state index is -0.546. The molecule has 0 bridgehead atoms. The summed E-state index contributed by atoms with van der Waals surface area (Å²) in [5, 5.41) is 2.76. The van der Waals surface area contributed by atoms with E-state index in [1.165, 1.54) is 23.1 Å². The molecule has 0 saturated carbocycles. The summed E-state index contributed by atoms with van der Waals surface area (Å²) in [5.74, 6) is -0.643. The number of carbonyl (C=O) groups excluding carboxylic acids is 2. The molecule has 5 nitrogen and oxygen atoms in total. The standard InChI is InChI=1S/C18H17FN2O3/c1-12-4-2-5-13(8-12)17(22)20-10-16-11-21(18(23)24-16)15-7-3-6-14(19)9-15/h2-9,16H,10-11H2,1H3,(H,20,22). The molecule has 0 spiro atoms. The highest BCUT2D eigenvalue weighted by molar-refractivity contribution is 5.94. The van der Waals surface area contributed by atoms with E-state index in [-0.39, 0.29) is 19.0 Å². The van der Waals surface area contributed by atoms with Crippen LogP contribution in [0.5, 0.6) is 0 Å². The third kappa shape index (κ3) is 3.53. The maximum absolute atomic E-state index is 13.3. The smallest absolute Gasteiger partial charge is 0.414 e. The Labute approximate surface area is 139 Å². The number of anilines is 1. The number of aryl methyl sites for hydroxylation is 1. The van der Waals surface area contributed by atoms with Gasteiger partial charge in [0, 0.05) is 5.56 Å². The predicted molar refractivity (Wildman–Crippen MR) is 87.5 cm³/mol. The first-order valence-corrected chi connectivity index (χ1v) is 7.61. The van der Waals surface area contributed by atoms with Gasteiger partial charge in [0.15, 0.2) is 0 Å². The molecule has 1 N–H and O–H groups in total. The number of rotatable bonds is 4. The molecule has 1 unspecified atom stereocenters. The van der Waals surface area contributed by atoms with Crippen LogP contribution in [0.2, 0.25) is 0 Å². The molecule has 0 radical (unpaired) electrons. The summed E-state index contributed by atoms with van der Waals surface area (Å²) in [6.07, 6.45) is -1.02. The molecule has 24 heavy (non-hydrogen) atoms. The van der Waals surface area contributed by atoms with Gasteiger partial charge in [-0.15, -0.1) is 0 Å². The molecule has 2 amide bonds. The number of ether oxygens (including phenoxy) is 1. The SMILES string of the molecule is Cc1cccc(C(=O)NCC2CN(c3cccc(F)c3)C(=O)O2)c1. The van der Waals surface area contributed by atoms with Crippen molar-refractivity contribution in [3.8, 4) is 0 Å². The van der Waals surface area contributed by atoms with Crippen LogP contribution in [0.15, 0.2) is 48.5 Å². The number of benzene rings is 2. The van der Waals surface area contributed by atoms with Gasteiger partial charge in [-0.05, 0) is 37.3 Å². The minimum absolute atomic E-state index is 0.199. The molecule has 1 atom stereocenters. The zero-order valence-electron chi connectivity index (χ0n) is 13.2. The van der Waals surface area contributed by atoms with E-state index in [1.54, 1.807) is 18.2 Å². The Hall–Kier alpha value is -2.89. The van der Waals surface area contributed by atoms with Gasteiger partial charge in [-0.1, -0.05) is 23.8 Å². The van der Waals surface area contributed by atoms with Crippen molar-refractivity contribution in [1.82, 2.24) is 5.32 Å². The molecule has 1 fully saturated rings. The van der Waals surface area contributed by atoms with Crippen LogP contribution in [-0.2, 0) is 4.74 Å².